The lowest BCUT2D eigenvalue weighted by Crippen LogP contribution is -2.68. The lowest BCUT2D eigenvalue weighted by molar-refractivity contribution is -0.258. The highest BCUT2D eigenvalue weighted by atomic mass is 16.8. The van der Waals surface area contributed by atoms with Crippen LogP contribution in [0.3, 0.4) is 0 Å². The maximum Gasteiger partial charge on any atom is 0.164 e. The van der Waals surface area contributed by atoms with Crippen LogP contribution in [0.2, 0.25) is 0 Å². The first kappa shape index (κ1) is 15.1. The summed E-state index contributed by atoms with van der Waals surface area (Å²) >= 11 is 0. The van der Waals surface area contributed by atoms with Gasteiger partial charge in [-0.1, -0.05) is 13.0 Å². The van der Waals surface area contributed by atoms with E-state index in [2.05, 4.69) is 19.9 Å². The summed E-state index contributed by atoms with van der Waals surface area (Å²) < 4.78 is 19.1. The molecule has 1 N–H and O–H groups in total. The number of aliphatic hydroxyl groups is 1. The lowest BCUT2D eigenvalue weighted by atomic mass is 9.53. The fraction of sp³-hybridized carbons (Fsp3) is 0.889. The molecule has 4 aliphatic rings. The van der Waals surface area contributed by atoms with Crippen molar-refractivity contribution in [2.75, 3.05) is 13.2 Å². The van der Waals surface area contributed by atoms with E-state index in [0.29, 0.717) is 24.4 Å². The van der Waals surface area contributed by atoms with Gasteiger partial charge in [0.05, 0.1) is 25.4 Å². The summed E-state index contributed by atoms with van der Waals surface area (Å²) in [5.41, 5.74) is 0.923. The van der Waals surface area contributed by atoms with E-state index in [9.17, 15) is 5.11 Å². The van der Waals surface area contributed by atoms with Gasteiger partial charge in [-0.3, -0.25) is 0 Å². The van der Waals surface area contributed by atoms with Crippen LogP contribution in [0, 0.1) is 23.7 Å². The van der Waals surface area contributed by atoms with Crippen molar-refractivity contribution < 1.29 is 19.3 Å². The molecule has 4 rings (SSSR count). The van der Waals surface area contributed by atoms with Crippen LogP contribution >= 0.6 is 0 Å². The Morgan fingerprint density at radius 1 is 1.36 bits per heavy atom. The Morgan fingerprint density at radius 2 is 2.14 bits per heavy atom. The summed E-state index contributed by atoms with van der Waals surface area (Å²) in [6.07, 6.45) is 4.63. The number of aliphatic hydroxyl groups excluding tert-OH is 1. The predicted octanol–water partition coefficient (Wildman–Crippen LogP) is 2.51. The predicted molar refractivity (Wildman–Crippen MR) is 82.2 cm³/mol. The molecule has 1 spiro atoms. The Kier molecular flexibility index (Phi) is 3.29. The van der Waals surface area contributed by atoms with E-state index < -0.39 is 11.4 Å². The van der Waals surface area contributed by atoms with Gasteiger partial charge in [-0.05, 0) is 51.0 Å². The zero-order valence-electron chi connectivity index (χ0n) is 14.0. The molecule has 124 valence electrons. The first-order valence-electron chi connectivity index (χ1n) is 8.66. The van der Waals surface area contributed by atoms with Crippen LogP contribution in [-0.2, 0) is 14.2 Å². The van der Waals surface area contributed by atoms with Gasteiger partial charge < -0.3 is 19.3 Å². The van der Waals surface area contributed by atoms with Crippen molar-refractivity contribution in [3.05, 3.63) is 11.6 Å². The minimum Gasteiger partial charge on any atom is -0.396 e. The van der Waals surface area contributed by atoms with Gasteiger partial charge in [-0.2, -0.15) is 0 Å². The Bertz CT molecular complexity index is 499. The topological polar surface area (TPSA) is 47.9 Å². The maximum absolute atomic E-state index is 10.0. The van der Waals surface area contributed by atoms with E-state index in [1.54, 1.807) is 0 Å². The normalized spacial score (nSPS) is 52.7. The van der Waals surface area contributed by atoms with E-state index >= 15 is 0 Å². The van der Waals surface area contributed by atoms with E-state index in [0.717, 1.165) is 12.8 Å². The summed E-state index contributed by atoms with van der Waals surface area (Å²) in [4.78, 5) is 0. The lowest BCUT2D eigenvalue weighted by Gasteiger charge is -2.59. The first-order valence-corrected chi connectivity index (χ1v) is 8.66. The molecule has 2 aliphatic heterocycles. The third kappa shape index (κ3) is 1.84. The molecule has 2 saturated heterocycles. The van der Waals surface area contributed by atoms with Crippen molar-refractivity contribution in [2.24, 2.45) is 23.7 Å². The van der Waals surface area contributed by atoms with Gasteiger partial charge in [0.2, 0.25) is 0 Å². The smallest absolute Gasteiger partial charge is 0.164 e. The molecular formula is C18H28O4. The second kappa shape index (κ2) is 4.79. The highest BCUT2D eigenvalue weighted by Gasteiger charge is 2.69. The molecule has 22 heavy (non-hydrogen) atoms. The molecule has 3 fully saturated rings. The average molecular weight is 308 g/mol. The Morgan fingerprint density at radius 3 is 2.86 bits per heavy atom. The van der Waals surface area contributed by atoms with E-state index in [1.165, 1.54) is 5.57 Å². The Hall–Kier alpha value is -0.420. The molecule has 4 nitrogen and oxygen atoms in total. The van der Waals surface area contributed by atoms with Crippen molar-refractivity contribution in [3.8, 4) is 0 Å². The Balaban J connectivity index is 1.85. The van der Waals surface area contributed by atoms with Crippen LogP contribution < -0.4 is 0 Å². The monoisotopic (exact) mass is 308 g/mol. The van der Waals surface area contributed by atoms with Gasteiger partial charge >= 0.3 is 0 Å². The third-order valence-corrected chi connectivity index (χ3v) is 6.47. The quantitative estimate of drug-likeness (QED) is 0.756. The number of ether oxygens (including phenoxy) is 3. The summed E-state index contributed by atoms with van der Waals surface area (Å²) in [6.45, 7) is 9.16. The van der Waals surface area contributed by atoms with Crippen LogP contribution in [-0.4, -0.2) is 41.9 Å². The molecule has 0 aromatic carbocycles. The second-order valence-electron chi connectivity index (χ2n) is 8.18. The molecule has 4 heteroatoms. The zero-order valence-corrected chi connectivity index (χ0v) is 14.0. The van der Waals surface area contributed by atoms with Gasteiger partial charge in [-0.25, -0.2) is 0 Å². The fourth-order valence-electron chi connectivity index (χ4n) is 5.63. The van der Waals surface area contributed by atoms with E-state index in [4.69, 9.17) is 14.2 Å². The summed E-state index contributed by atoms with van der Waals surface area (Å²) in [5.74, 6) is 0.856. The van der Waals surface area contributed by atoms with E-state index in [-0.39, 0.29) is 24.7 Å². The number of hydrogen-bond donors (Lipinski definition) is 1. The molecule has 2 heterocycles. The van der Waals surface area contributed by atoms with Crippen molar-refractivity contribution >= 4 is 0 Å². The molecule has 0 aromatic rings. The molecule has 2 aliphatic carbocycles. The fourth-order valence-corrected chi connectivity index (χ4v) is 5.63. The molecule has 0 aromatic heterocycles. The second-order valence-corrected chi connectivity index (χ2v) is 8.18. The minimum atomic E-state index is -0.580. The van der Waals surface area contributed by atoms with Crippen LogP contribution in [0.1, 0.15) is 40.5 Å². The van der Waals surface area contributed by atoms with Crippen LogP contribution in [0.15, 0.2) is 11.6 Å². The van der Waals surface area contributed by atoms with Crippen LogP contribution in [0.5, 0.6) is 0 Å². The Labute approximate surface area is 132 Å². The van der Waals surface area contributed by atoms with E-state index in [1.807, 2.05) is 13.8 Å². The van der Waals surface area contributed by atoms with Gasteiger partial charge in [0, 0.05) is 11.8 Å². The average Bonchev–Trinajstić information content (AvgIpc) is 2.72. The van der Waals surface area contributed by atoms with Crippen molar-refractivity contribution in [3.63, 3.8) is 0 Å². The molecular weight excluding hydrogens is 280 g/mol. The molecule has 7 unspecified atom stereocenters. The molecule has 0 bridgehead atoms. The third-order valence-electron chi connectivity index (χ3n) is 6.47. The van der Waals surface area contributed by atoms with Crippen LogP contribution in [0.4, 0.5) is 0 Å². The van der Waals surface area contributed by atoms with Gasteiger partial charge in [0.25, 0.3) is 0 Å². The van der Waals surface area contributed by atoms with Crippen LogP contribution in [0.25, 0.3) is 0 Å². The van der Waals surface area contributed by atoms with Crippen molar-refractivity contribution in [1.82, 2.24) is 0 Å². The number of rotatable bonds is 1. The zero-order chi connectivity index (χ0) is 15.7. The molecule has 7 atom stereocenters. The van der Waals surface area contributed by atoms with Gasteiger partial charge in [0.1, 0.15) is 5.60 Å². The number of allylic oxidation sites excluding steroid dienone is 1. The highest BCUT2D eigenvalue weighted by Crippen LogP contribution is 2.60. The van der Waals surface area contributed by atoms with Crippen molar-refractivity contribution in [1.29, 1.82) is 0 Å². The van der Waals surface area contributed by atoms with Gasteiger partial charge in [0.15, 0.2) is 5.79 Å². The molecule has 0 amide bonds. The summed E-state index contributed by atoms with van der Waals surface area (Å²) in [5, 5.41) is 10.0. The van der Waals surface area contributed by atoms with Gasteiger partial charge in [-0.15, -0.1) is 0 Å². The van der Waals surface area contributed by atoms with Crippen molar-refractivity contribution in [2.45, 2.75) is 64.1 Å². The first-order chi connectivity index (χ1) is 10.4. The standard InChI is InChI=1S/C18H28O4/c1-10-5-6-13-11(2)7-14-18(22-17(3,4)21-14)12(8-19)9-20-16(10)15(13)18/h5,11-16,19H,6-9H2,1-4H3. The maximum atomic E-state index is 10.0. The molecule has 1 saturated carbocycles. The highest BCUT2D eigenvalue weighted by molar-refractivity contribution is 5.24. The number of hydrogen-bond acceptors (Lipinski definition) is 4. The summed E-state index contributed by atoms with van der Waals surface area (Å²) in [7, 11) is 0. The minimum absolute atomic E-state index is 0.00132. The summed E-state index contributed by atoms with van der Waals surface area (Å²) in [6, 6.07) is 0. The molecule has 0 radical (unpaired) electrons. The largest absolute Gasteiger partial charge is 0.396 e. The SMILES string of the molecule is CC1=CCC2C(C)CC3OC(C)(C)OC34C(CO)COC1C24.